The minimum absolute atomic E-state index is 0.172. The molecule has 0 saturated heterocycles. The highest BCUT2D eigenvalue weighted by atomic mass is 32.1. The fraction of sp³-hybridized carbons (Fsp3) is 0.308. The first-order valence-electron chi connectivity index (χ1n) is 5.89. The van der Waals surface area contributed by atoms with E-state index in [0.29, 0.717) is 12.1 Å². The highest BCUT2D eigenvalue weighted by Crippen LogP contribution is 2.11. The summed E-state index contributed by atoms with van der Waals surface area (Å²) in [5.74, 6) is -1.19. The lowest BCUT2D eigenvalue weighted by atomic mass is 10.1. The molecule has 0 aliphatic heterocycles. The van der Waals surface area contributed by atoms with E-state index in [1.807, 2.05) is 12.3 Å². The Balaban J connectivity index is 2.38. The maximum absolute atomic E-state index is 12.1. The molecule has 0 bridgehead atoms. The second kappa shape index (κ2) is 5.36. The number of carboxylic acid groups (broad SMARTS) is 1. The van der Waals surface area contributed by atoms with Crippen LogP contribution in [0.15, 0.2) is 22.4 Å². The molecule has 6 heteroatoms. The number of rotatable bonds is 4. The summed E-state index contributed by atoms with van der Waals surface area (Å²) in [6.07, 6.45) is 2.46. The number of thiazole rings is 1. The summed E-state index contributed by atoms with van der Waals surface area (Å²) >= 11 is 1.48. The standard InChI is InChI=1S/C13H14N2O3S/c1-3-9-7-19-10(14-9)6-15-5-4-8(2)11(12(15)16)13(17)18/h4-5,7H,3,6H2,1-2H3,(H,17,18). The number of aromatic carboxylic acids is 1. The van der Waals surface area contributed by atoms with E-state index in [-0.39, 0.29) is 5.56 Å². The van der Waals surface area contributed by atoms with Crippen LogP contribution in [0.2, 0.25) is 0 Å². The minimum Gasteiger partial charge on any atom is -0.477 e. The zero-order valence-electron chi connectivity index (χ0n) is 10.7. The second-order valence-corrected chi connectivity index (χ2v) is 5.14. The molecule has 19 heavy (non-hydrogen) atoms. The molecule has 0 saturated carbocycles. The molecule has 0 aliphatic rings. The van der Waals surface area contributed by atoms with Crippen molar-refractivity contribution in [2.75, 3.05) is 0 Å². The lowest BCUT2D eigenvalue weighted by Gasteiger charge is -2.06. The van der Waals surface area contributed by atoms with Crippen molar-refractivity contribution >= 4 is 17.3 Å². The Morgan fingerprint density at radius 1 is 1.53 bits per heavy atom. The largest absolute Gasteiger partial charge is 0.477 e. The van der Waals surface area contributed by atoms with Gasteiger partial charge in [-0.05, 0) is 25.0 Å². The van der Waals surface area contributed by atoms with Gasteiger partial charge in [0.05, 0.1) is 12.2 Å². The van der Waals surface area contributed by atoms with Crippen molar-refractivity contribution in [1.29, 1.82) is 0 Å². The van der Waals surface area contributed by atoms with E-state index in [4.69, 9.17) is 5.11 Å². The third-order valence-corrected chi connectivity index (χ3v) is 3.74. The third kappa shape index (κ3) is 2.73. The van der Waals surface area contributed by atoms with Crippen molar-refractivity contribution in [3.8, 4) is 0 Å². The number of hydrogen-bond donors (Lipinski definition) is 1. The van der Waals surface area contributed by atoms with Gasteiger partial charge in [0.25, 0.3) is 5.56 Å². The first-order valence-corrected chi connectivity index (χ1v) is 6.77. The third-order valence-electron chi connectivity index (χ3n) is 2.85. The van der Waals surface area contributed by atoms with Crippen molar-refractivity contribution in [3.63, 3.8) is 0 Å². The van der Waals surface area contributed by atoms with Gasteiger partial charge in [-0.15, -0.1) is 11.3 Å². The van der Waals surface area contributed by atoms with E-state index in [1.54, 1.807) is 19.2 Å². The minimum atomic E-state index is -1.19. The second-order valence-electron chi connectivity index (χ2n) is 4.20. The molecule has 0 spiro atoms. The smallest absolute Gasteiger partial charge is 0.341 e. The van der Waals surface area contributed by atoms with E-state index in [9.17, 15) is 9.59 Å². The molecule has 100 valence electrons. The quantitative estimate of drug-likeness (QED) is 0.927. The molecular weight excluding hydrogens is 264 g/mol. The van der Waals surface area contributed by atoms with Crippen LogP contribution in [0.1, 0.15) is 33.5 Å². The van der Waals surface area contributed by atoms with Crippen molar-refractivity contribution < 1.29 is 9.90 Å². The van der Waals surface area contributed by atoms with Gasteiger partial charge >= 0.3 is 5.97 Å². The van der Waals surface area contributed by atoms with Crippen molar-refractivity contribution in [2.24, 2.45) is 0 Å². The Labute approximate surface area is 114 Å². The molecule has 0 unspecified atom stereocenters. The van der Waals surface area contributed by atoms with Gasteiger partial charge < -0.3 is 9.67 Å². The fourth-order valence-corrected chi connectivity index (χ4v) is 2.65. The van der Waals surface area contributed by atoms with Gasteiger partial charge in [-0.1, -0.05) is 6.92 Å². The van der Waals surface area contributed by atoms with E-state index in [0.717, 1.165) is 17.1 Å². The Morgan fingerprint density at radius 2 is 2.26 bits per heavy atom. The summed E-state index contributed by atoms with van der Waals surface area (Å²) in [5.41, 5.74) is 0.802. The van der Waals surface area contributed by atoms with Gasteiger partial charge in [0.1, 0.15) is 10.6 Å². The van der Waals surface area contributed by atoms with Crippen molar-refractivity contribution in [1.82, 2.24) is 9.55 Å². The van der Waals surface area contributed by atoms with Crippen LogP contribution >= 0.6 is 11.3 Å². The summed E-state index contributed by atoms with van der Waals surface area (Å²) < 4.78 is 1.38. The molecule has 2 aromatic rings. The fourth-order valence-electron chi connectivity index (χ4n) is 1.78. The van der Waals surface area contributed by atoms with Crippen LogP contribution in [0.25, 0.3) is 0 Å². The Morgan fingerprint density at radius 3 is 2.84 bits per heavy atom. The van der Waals surface area contributed by atoms with Crippen molar-refractivity contribution in [2.45, 2.75) is 26.8 Å². The molecule has 0 fully saturated rings. The number of carbonyl (C=O) groups is 1. The van der Waals surface area contributed by atoms with Gasteiger partial charge in [0.2, 0.25) is 0 Å². The molecule has 0 amide bonds. The summed E-state index contributed by atoms with van der Waals surface area (Å²) in [5, 5.41) is 11.8. The monoisotopic (exact) mass is 278 g/mol. The van der Waals surface area contributed by atoms with E-state index < -0.39 is 11.5 Å². The number of nitrogens with zero attached hydrogens (tertiary/aromatic N) is 2. The SMILES string of the molecule is CCc1csc(Cn2ccc(C)c(C(=O)O)c2=O)n1. The van der Waals surface area contributed by atoms with Crippen LogP contribution < -0.4 is 5.56 Å². The molecule has 1 N–H and O–H groups in total. The predicted octanol–water partition coefficient (Wildman–Crippen LogP) is 1.92. The van der Waals surface area contributed by atoms with Gasteiger partial charge in [0, 0.05) is 11.6 Å². The van der Waals surface area contributed by atoms with Crippen molar-refractivity contribution in [3.05, 3.63) is 49.8 Å². The maximum Gasteiger partial charge on any atom is 0.341 e. The summed E-state index contributed by atoms with van der Waals surface area (Å²) in [7, 11) is 0. The summed E-state index contributed by atoms with van der Waals surface area (Å²) in [6, 6.07) is 1.64. The van der Waals surface area contributed by atoms with Gasteiger partial charge in [0.15, 0.2) is 0 Å². The normalized spacial score (nSPS) is 10.6. The molecule has 0 atom stereocenters. The number of aryl methyl sites for hydroxylation is 2. The first-order chi connectivity index (χ1) is 9.02. The van der Waals surface area contributed by atoms with E-state index >= 15 is 0 Å². The Kier molecular flexibility index (Phi) is 3.80. The molecule has 5 nitrogen and oxygen atoms in total. The predicted molar refractivity (Wildman–Crippen MR) is 73.0 cm³/mol. The van der Waals surface area contributed by atoms with Crippen LogP contribution in [0.5, 0.6) is 0 Å². The average Bonchev–Trinajstić information content (AvgIpc) is 2.80. The molecular formula is C13H14N2O3S. The van der Waals surface area contributed by atoms with Crippen LogP contribution in [0.4, 0.5) is 0 Å². The number of hydrogen-bond acceptors (Lipinski definition) is 4. The zero-order valence-corrected chi connectivity index (χ0v) is 11.5. The molecule has 0 radical (unpaired) electrons. The lowest BCUT2D eigenvalue weighted by Crippen LogP contribution is -2.27. The van der Waals surface area contributed by atoms with Gasteiger partial charge in [-0.25, -0.2) is 9.78 Å². The molecule has 0 aromatic carbocycles. The molecule has 0 aliphatic carbocycles. The summed E-state index contributed by atoms with van der Waals surface area (Å²) in [6.45, 7) is 3.94. The van der Waals surface area contributed by atoms with Gasteiger partial charge in [-0.3, -0.25) is 4.79 Å². The molecule has 2 heterocycles. The Hall–Kier alpha value is -1.95. The van der Waals surface area contributed by atoms with E-state index in [1.165, 1.54) is 15.9 Å². The average molecular weight is 278 g/mol. The molecule has 2 aromatic heterocycles. The zero-order chi connectivity index (χ0) is 14.0. The number of aromatic nitrogens is 2. The van der Waals surface area contributed by atoms with Crippen LogP contribution in [-0.2, 0) is 13.0 Å². The highest BCUT2D eigenvalue weighted by molar-refractivity contribution is 7.09. The molecule has 2 rings (SSSR count). The Bertz CT molecular complexity index is 673. The number of pyridine rings is 1. The summed E-state index contributed by atoms with van der Waals surface area (Å²) in [4.78, 5) is 27.5. The first kappa shape index (κ1) is 13.5. The van der Waals surface area contributed by atoms with Gasteiger partial charge in [-0.2, -0.15) is 0 Å². The lowest BCUT2D eigenvalue weighted by molar-refractivity contribution is 0.0693. The number of carboxylic acids is 1. The van der Waals surface area contributed by atoms with Crippen LogP contribution in [0, 0.1) is 6.92 Å². The van der Waals surface area contributed by atoms with Crippen LogP contribution in [-0.4, -0.2) is 20.6 Å². The van der Waals surface area contributed by atoms with E-state index in [2.05, 4.69) is 4.98 Å². The topological polar surface area (TPSA) is 72.2 Å². The van der Waals surface area contributed by atoms with Crippen LogP contribution in [0.3, 0.4) is 0 Å². The maximum atomic E-state index is 12.1. The highest BCUT2D eigenvalue weighted by Gasteiger charge is 2.15.